The number of nitrogens with one attached hydrogen (secondary N) is 2. The molecule has 1 aliphatic rings. The summed E-state index contributed by atoms with van der Waals surface area (Å²) in [4.78, 5) is 11.9. The molecule has 3 N–H and O–H groups in total. The molecule has 0 aromatic heterocycles. The molecule has 0 heterocycles. The van der Waals surface area contributed by atoms with Gasteiger partial charge in [0.05, 0.1) is 6.04 Å². The Labute approximate surface area is 117 Å². The third-order valence-corrected chi connectivity index (χ3v) is 4.26. The Kier molecular flexibility index (Phi) is 7.39. The minimum atomic E-state index is -0.175. The monoisotopic (exact) mass is 270 g/mol. The molecule has 1 fully saturated rings. The van der Waals surface area contributed by atoms with Crippen LogP contribution in [0, 0.1) is 5.41 Å². The molecule has 1 unspecified atom stereocenters. The summed E-state index contributed by atoms with van der Waals surface area (Å²) in [5.74, 6) is 0.0715. The molecular weight excluding hydrogens is 240 g/mol. The van der Waals surface area contributed by atoms with Gasteiger partial charge in [0, 0.05) is 25.1 Å². The van der Waals surface area contributed by atoms with Crippen LogP contribution in [0.3, 0.4) is 0 Å². The predicted octanol–water partition coefficient (Wildman–Crippen LogP) is 1.82. The molecule has 0 saturated heterocycles. The van der Waals surface area contributed by atoms with Crippen molar-refractivity contribution in [3.8, 4) is 0 Å². The summed E-state index contributed by atoms with van der Waals surface area (Å²) in [6, 6.07) is -0.175. The Morgan fingerprint density at radius 1 is 1.32 bits per heavy atom. The molecule has 112 valence electrons. The van der Waals surface area contributed by atoms with Crippen molar-refractivity contribution in [2.45, 2.75) is 64.8 Å². The van der Waals surface area contributed by atoms with Crippen LogP contribution in [0.25, 0.3) is 0 Å². The van der Waals surface area contributed by atoms with Gasteiger partial charge in [-0.15, -0.1) is 0 Å². The van der Waals surface area contributed by atoms with E-state index in [9.17, 15) is 9.90 Å². The van der Waals surface area contributed by atoms with Crippen molar-refractivity contribution >= 4 is 5.91 Å². The summed E-state index contributed by atoms with van der Waals surface area (Å²) in [5, 5.41) is 15.8. The Morgan fingerprint density at radius 2 is 2.00 bits per heavy atom. The van der Waals surface area contributed by atoms with Crippen LogP contribution in [-0.4, -0.2) is 36.8 Å². The van der Waals surface area contributed by atoms with Gasteiger partial charge in [-0.2, -0.15) is 0 Å². The number of unbranched alkanes of at least 4 members (excludes halogenated alkanes) is 2. The van der Waals surface area contributed by atoms with Crippen LogP contribution in [0.4, 0.5) is 0 Å². The molecule has 0 spiro atoms. The first-order chi connectivity index (χ1) is 9.13. The number of hydrogen-bond donors (Lipinski definition) is 3. The van der Waals surface area contributed by atoms with E-state index in [0.29, 0.717) is 0 Å². The fraction of sp³-hybridized carbons (Fsp3) is 0.933. The van der Waals surface area contributed by atoms with Gasteiger partial charge in [-0.1, -0.05) is 32.6 Å². The lowest BCUT2D eigenvalue weighted by Crippen LogP contribution is -2.47. The maximum Gasteiger partial charge on any atom is 0.236 e. The molecule has 0 radical (unpaired) electrons. The average molecular weight is 270 g/mol. The number of hydrogen-bond acceptors (Lipinski definition) is 3. The summed E-state index contributed by atoms with van der Waals surface area (Å²) in [6.45, 7) is 5.79. The molecule has 0 aliphatic heterocycles. The van der Waals surface area contributed by atoms with Gasteiger partial charge in [-0.3, -0.25) is 4.79 Å². The first-order valence-corrected chi connectivity index (χ1v) is 7.75. The highest BCUT2D eigenvalue weighted by atomic mass is 16.3. The minimum absolute atomic E-state index is 0.0107. The average Bonchev–Trinajstić information content (AvgIpc) is 2.90. The van der Waals surface area contributed by atoms with E-state index in [-0.39, 0.29) is 24.0 Å². The number of amides is 1. The van der Waals surface area contributed by atoms with Gasteiger partial charge in [0.1, 0.15) is 0 Å². The Hall–Kier alpha value is -0.610. The smallest absolute Gasteiger partial charge is 0.236 e. The molecule has 1 atom stereocenters. The zero-order chi connectivity index (χ0) is 14.1. The van der Waals surface area contributed by atoms with E-state index in [0.717, 1.165) is 38.8 Å². The molecular formula is C15H30N2O2. The summed E-state index contributed by atoms with van der Waals surface area (Å²) in [6.07, 6.45) is 7.91. The summed E-state index contributed by atoms with van der Waals surface area (Å²) in [5.41, 5.74) is 0.0107. The third kappa shape index (κ3) is 5.49. The van der Waals surface area contributed by atoms with Crippen molar-refractivity contribution in [3.63, 3.8) is 0 Å². The van der Waals surface area contributed by atoms with E-state index in [2.05, 4.69) is 17.6 Å². The van der Waals surface area contributed by atoms with Crippen LogP contribution in [0.2, 0.25) is 0 Å². The molecule has 19 heavy (non-hydrogen) atoms. The lowest BCUT2D eigenvalue weighted by Gasteiger charge is -2.28. The van der Waals surface area contributed by atoms with Crippen LogP contribution >= 0.6 is 0 Å². The fourth-order valence-electron chi connectivity index (χ4n) is 2.72. The highest BCUT2D eigenvalue weighted by Gasteiger charge is 2.33. The highest BCUT2D eigenvalue weighted by Crippen LogP contribution is 2.36. The molecule has 0 bridgehead atoms. The van der Waals surface area contributed by atoms with E-state index < -0.39 is 0 Å². The first kappa shape index (κ1) is 16.4. The fourth-order valence-corrected chi connectivity index (χ4v) is 2.72. The SMILES string of the molecule is CCCCCNC(=O)C(C)NCC1(CO)CCCC1. The van der Waals surface area contributed by atoms with E-state index in [1.54, 1.807) is 0 Å². The van der Waals surface area contributed by atoms with Gasteiger partial charge in [-0.05, 0) is 26.2 Å². The van der Waals surface area contributed by atoms with Crippen molar-refractivity contribution in [1.82, 2.24) is 10.6 Å². The topological polar surface area (TPSA) is 61.4 Å². The lowest BCUT2D eigenvalue weighted by molar-refractivity contribution is -0.122. The van der Waals surface area contributed by atoms with Gasteiger partial charge in [0.15, 0.2) is 0 Å². The van der Waals surface area contributed by atoms with Crippen LogP contribution in [0.5, 0.6) is 0 Å². The number of rotatable bonds is 9. The van der Waals surface area contributed by atoms with Crippen molar-refractivity contribution in [1.29, 1.82) is 0 Å². The number of carbonyl (C=O) groups is 1. The molecule has 0 aromatic rings. The molecule has 1 amide bonds. The number of carbonyl (C=O) groups excluding carboxylic acids is 1. The van der Waals surface area contributed by atoms with E-state index in [4.69, 9.17) is 0 Å². The normalized spacial score (nSPS) is 19.3. The Balaban J connectivity index is 2.22. The molecule has 0 aromatic carbocycles. The zero-order valence-electron chi connectivity index (χ0n) is 12.5. The van der Waals surface area contributed by atoms with Crippen molar-refractivity contribution in [2.24, 2.45) is 5.41 Å². The van der Waals surface area contributed by atoms with Gasteiger partial charge >= 0.3 is 0 Å². The van der Waals surface area contributed by atoms with Crippen LogP contribution in [-0.2, 0) is 4.79 Å². The number of aliphatic hydroxyl groups excluding tert-OH is 1. The maximum atomic E-state index is 11.9. The maximum absolute atomic E-state index is 11.9. The molecule has 1 aliphatic carbocycles. The van der Waals surface area contributed by atoms with Gasteiger partial charge in [-0.25, -0.2) is 0 Å². The summed E-state index contributed by atoms with van der Waals surface area (Å²) in [7, 11) is 0. The van der Waals surface area contributed by atoms with Crippen LogP contribution in [0.15, 0.2) is 0 Å². The second-order valence-electron chi connectivity index (χ2n) is 5.97. The van der Waals surface area contributed by atoms with Gasteiger partial charge in [0.25, 0.3) is 0 Å². The van der Waals surface area contributed by atoms with Gasteiger partial charge < -0.3 is 15.7 Å². The number of aliphatic hydroxyl groups is 1. The molecule has 4 heteroatoms. The molecule has 1 saturated carbocycles. The second-order valence-corrected chi connectivity index (χ2v) is 5.97. The summed E-state index contributed by atoms with van der Waals surface area (Å²) >= 11 is 0. The summed E-state index contributed by atoms with van der Waals surface area (Å²) < 4.78 is 0. The minimum Gasteiger partial charge on any atom is -0.396 e. The quantitative estimate of drug-likeness (QED) is 0.560. The van der Waals surface area contributed by atoms with Crippen LogP contribution < -0.4 is 10.6 Å². The van der Waals surface area contributed by atoms with Crippen molar-refractivity contribution in [3.05, 3.63) is 0 Å². The van der Waals surface area contributed by atoms with Crippen molar-refractivity contribution in [2.75, 3.05) is 19.7 Å². The molecule has 4 nitrogen and oxygen atoms in total. The Bertz CT molecular complexity index is 263. The predicted molar refractivity (Wildman–Crippen MR) is 78.0 cm³/mol. The highest BCUT2D eigenvalue weighted by molar-refractivity contribution is 5.81. The molecule has 1 rings (SSSR count). The lowest BCUT2D eigenvalue weighted by atomic mass is 9.87. The zero-order valence-corrected chi connectivity index (χ0v) is 12.5. The second kappa shape index (κ2) is 8.54. The first-order valence-electron chi connectivity index (χ1n) is 7.75. The Morgan fingerprint density at radius 3 is 2.58 bits per heavy atom. The van der Waals surface area contributed by atoms with E-state index >= 15 is 0 Å². The van der Waals surface area contributed by atoms with E-state index in [1.807, 2.05) is 6.92 Å². The van der Waals surface area contributed by atoms with Crippen molar-refractivity contribution < 1.29 is 9.90 Å². The standard InChI is InChI=1S/C15H30N2O2/c1-3-4-7-10-16-14(19)13(2)17-11-15(12-18)8-5-6-9-15/h13,17-18H,3-12H2,1-2H3,(H,16,19). The van der Waals surface area contributed by atoms with E-state index in [1.165, 1.54) is 19.3 Å². The third-order valence-electron chi connectivity index (χ3n) is 4.26. The van der Waals surface area contributed by atoms with Crippen LogP contribution in [0.1, 0.15) is 58.8 Å². The van der Waals surface area contributed by atoms with Gasteiger partial charge in [0.2, 0.25) is 5.91 Å². The largest absolute Gasteiger partial charge is 0.396 e.